The molecule has 0 amide bonds. The van der Waals surface area contributed by atoms with Crippen molar-refractivity contribution in [1.29, 1.82) is 0 Å². The van der Waals surface area contributed by atoms with E-state index in [0.717, 1.165) is 18.4 Å². The maximum Gasteiger partial charge on any atom is 0.320 e. The zero-order valence-electron chi connectivity index (χ0n) is 13.9. The number of nitrogen functional groups attached to an aromatic ring is 1. The lowest BCUT2D eigenvalue weighted by Gasteiger charge is -2.08. The molecule has 25 heavy (non-hydrogen) atoms. The summed E-state index contributed by atoms with van der Waals surface area (Å²) in [6, 6.07) is 5.09. The monoisotopic (exact) mass is 363 g/mol. The van der Waals surface area contributed by atoms with Crippen molar-refractivity contribution in [2.24, 2.45) is 0 Å². The second kappa shape index (κ2) is 7.65. The summed E-state index contributed by atoms with van der Waals surface area (Å²) in [5, 5.41) is 0. The number of halogens is 2. The second-order valence-electron chi connectivity index (χ2n) is 5.70. The SMILES string of the molecule is CCCCOc1nc(N)c2ncn(Cc3ccc(F)c(CCl)c3)c2n1. The van der Waals surface area contributed by atoms with Gasteiger partial charge in [-0.15, -0.1) is 11.6 Å². The third kappa shape index (κ3) is 3.82. The highest BCUT2D eigenvalue weighted by Crippen LogP contribution is 2.21. The Kier molecular flexibility index (Phi) is 5.33. The van der Waals surface area contributed by atoms with Gasteiger partial charge in [-0.3, -0.25) is 0 Å². The minimum Gasteiger partial charge on any atom is -0.463 e. The fourth-order valence-corrected chi connectivity index (χ4v) is 2.66. The van der Waals surface area contributed by atoms with Crippen LogP contribution < -0.4 is 10.5 Å². The highest BCUT2D eigenvalue weighted by molar-refractivity contribution is 6.17. The molecule has 6 nitrogen and oxygen atoms in total. The summed E-state index contributed by atoms with van der Waals surface area (Å²) in [4.78, 5) is 12.8. The van der Waals surface area contributed by atoms with E-state index in [1.165, 1.54) is 6.07 Å². The van der Waals surface area contributed by atoms with E-state index < -0.39 is 0 Å². The van der Waals surface area contributed by atoms with Crippen molar-refractivity contribution < 1.29 is 9.13 Å². The standard InChI is InChI=1S/C17H19ClFN5O/c1-2-3-6-25-17-22-15(20)14-16(23-17)24(10-21-14)9-11-4-5-13(19)12(7-11)8-18/h4-5,7,10H,2-3,6,8-9H2,1H3,(H2,20,22,23). The van der Waals surface area contributed by atoms with Gasteiger partial charge in [0.15, 0.2) is 17.0 Å². The van der Waals surface area contributed by atoms with Crippen molar-refractivity contribution in [2.45, 2.75) is 32.2 Å². The van der Waals surface area contributed by atoms with Crippen LogP contribution in [0.1, 0.15) is 30.9 Å². The molecule has 0 aliphatic heterocycles. The Morgan fingerprint density at radius 3 is 2.92 bits per heavy atom. The number of nitrogens with zero attached hydrogens (tertiary/aromatic N) is 4. The van der Waals surface area contributed by atoms with E-state index in [4.69, 9.17) is 22.1 Å². The Morgan fingerprint density at radius 2 is 2.16 bits per heavy atom. The van der Waals surface area contributed by atoms with Crippen LogP contribution in [-0.2, 0) is 12.4 Å². The van der Waals surface area contributed by atoms with Gasteiger partial charge in [-0.2, -0.15) is 9.97 Å². The van der Waals surface area contributed by atoms with Crippen LogP contribution in [0.5, 0.6) is 6.01 Å². The Balaban J connectivity index is 1.91. The number of ether oxygens (including phenoxy) is 1. The number of rotatable bonds is 7. The first-order valence-electron chi connectivity index (χ1n) is 8.06. The van der Waals surface area contributed by atoms with Crippen molar-refractivity contribution in [3.63, 3.8) is 0 Å². The summed E-state index contributed by atoms with van der Waals surface area (Å²) in [6.07, 6.45) is 3.57. The fourth-order valence-electron chi connectivity index (χ4n) is 2.46. The average Bonchev–Trinajstić information content (AvgIpc) is 3.00. The third-order valence-corrected chi connectivity index (χ3v) is 4.09. The molecule has 0 spiro atoms. The molecular formula is C17H19ClFN5O. The molecule has 0 aliphatic rings. The third-order valence-electron chi connectivity index (χ3n) is 3.81. The molecule has 132 valence electrons. The van der Waals surface area contributed by atoms with Crippen LogP contribution in [0, 0.1) is 5.82 Å². The van der Waals surface area contributed by atoms with Gasteiger partial charge in [-0.05, 0) is 24.1 Å². The normalized spacial score (nSPS) is 11.2. The second-order valence-corrected chi connectivity index (χ2v) is 5.96. The molecule has 0 aliphatic carbocycles. The number of benzene rings is 1. The predicted molar refractivity (Wildman–Crippen MR) is 95.2 cm³/mol. The summed E-state index contributed by atoms with van der Waals surface area (Å²) in [6.45, 7) is 3.08. The first-order valence-corrected chi connectivity index (χ1v) is 8.60. The number of nitrogens with two attached hydrogens (primary N) is 1. The zero-order chi connectivity index (χ0) is 17.8. The molecule has 0 radical (unpaired) electrons. The maximum atomic E-state index is 13.6. The van der Waals surface area contributed by atoms with E-state index >= 15 is 0 Å². The number of anilines is 1. The Bertz CT molecular complexity index is 883. The molecular weight excluding hydrogens is 345 g/mol. The molecule has 2 aromatic heterocycles. The Hall–Kier alpha value is -2.41. The van der Waals surface area contributed by atoms with E-state index in [1.807, 2.05) is 4.57 Å². The lowest BCUT2D eigenvalue weighted by Crippen LogP contribution is -2.06. The van der Waals surface area contributed by atoms with Gasteiger partial charge in [0.1, 0.15) is 5.82 Å². The average molecular weight is 364 g/mol. The molecule has 0 unspecified atom stereocenters. The lowest BCUT2D eigenvalue weighted by molar-refractivity contribution is 0.286. The van der Waals surface area contributed by atoms with E-state index in [9.17, 15) is 4.39 Å². The van der Waals surface area contributed by atoms with E-state index in [1.54, 1.807) is 18.5 Å². The smallest absolute Gasteiger partial charge is 0.320 e. The molecule has 0 atom stereocenters. The topological polar surface area (TPSA) is 78.9 Å². The Morgan fingerprint density at radius 1 is 1.32 bits per heavy atom. The first kappa shape index (κ1) is 17.4. The molecule has 0 fully saturated rings. The van der Waals surface area contributed by atoms with Gasteiger partial charge in [0.2, 0.25) is 0 Å². The molecule has 2 heterocycles. The molecule has 8 heteroatoms. The molecule has 1 aromatic carbocycles. The van der Waals surface area contributed by atoms with Crippen molar-refractivity contribution in [3.8, 4) is 6.01 Å². The van der Waals surface area contributed by atoms with E-state index in [-0.39, 0.29) is 23.5 Å². The van der Waals surface area contributed by atoms with Crippen molar-refractivity contribution in [2.75, 3.05) is 12.3 Å². The van der Waals surface area contributed by atoms with E-state index in [0.29, 0.717) is 29.9 Å². The number of hydrogen-bond donors (Lipinski definition) is 1. The molecule has 0 bridgehead atoms. The quantitative estimate of drug-likeness (QED) is 0.513. The van der Waals surface area contributed by atoms with E-state index in [2.05, 4.69) is 21.9 Å². The fraction of sp³-hybridized carbons (Fsp3) is 0.353. The van der Waals surface area contributed by atoms with Gasteiger partial charge in [0.05, 0.1) is 25.4 Å². The lowest BCUT2D eigenvalue weighted by atomic mass is 10.1. The van der Waals surface area contributed by atoms with Crippen molar-refractivity contribution in [3.05, 3.63) is 41.5 Å². The van der Waals surface area contributed by atoms with Gasteiger partial charge >= 0.3 is 6.01 Å². The number of hydrogen-bond acceptors (Lipinski definition) is 5. The van der Waals surface area contributed by atoms with Gasteiger partial charge in [-0.25, -0.2) is 9.37 Å². The molecule has 0 saturated heterocycles. The first-order chi connectivity index (χ1) is 12.1. The maximum absolute atomic E-state index is 13.6. The summed E-state index contributed by atoms with van der Waals surface area (Å²) in [5.74, 6) is 0.0812. The summed E-state index contributed by atoms with van der Waals surface area (Å²) < 4.78 is 21.0. The van der Waals surface area contributed by atoms with Crippen LogP contribution in [0.2, 0.25) is 0 Å². The molecule has 3 rings (SSSR count). The Labute approximate surface area is 149 Å². The number of alkyl halides is 1. The van der Waals surface area contributed by atoms with Gasteiger partial charge in [0, 0.05) is 5.56 Å². The summed E-state index contributed by atoms with van der Waals surface area (Å²) in [5.41, 5.74) is 8.41. The molecule has 3 aromatic rings. The minimum absolute atomic E-state index is 0.120. The van der Waals surface area contributed by atoms with Gasteiger partial charge in [0.25, 0.3) is 0 Å². The highest BCUT2D eigenvalue weighted by Gasteiger charge is 2.13. The van der Waals surface area contributed by atoms with Crippen LogP contribution in [-0.4, -0.2) is 26.1 Å². The number of aromatic nitrogens is 4. The van der Waals surface area contributed by atoms with Crippen molar-refractivity contribution in [1.82, 2.24) is 19.5 Å². The molecule has 2 N–H and O–H groups in total. The van der Waals surface area contributed by atoms with Crippen LogP contribution in [0.15, 0.2) is 24.5 Å². The minimum atomic E-state index is -0.313. The number of unbranched alkanes of at least 4 members (excludes halogenated alkanes) is 1. The largest absolute Gasteiger partial charge is 0.463 e. The highest BCUT2D eigenvalue weighted by atomic mass is 35.5. The van der Waals surface area contributed by atoms with Crippen LogP contribution in [0.4, 0.5) is 10.2 Å². The summed E-state index contributed by atoms with van der Waals surface area (Å²) >= 11 is 5.77. The van der Waals surface area contributed by atoms with Crippen LogP contribution in [0.25, 0.3) is 11.2 Å². The predicted octanol–water partition coefficient (Wildman–Crippen LogP) is 3.51. The number of imidazole rings is 1. The van der Waals surface area contributed by atoms with Gasteiger partial charge < -0.3 is 15.0 Å². The van der Waals surface area contributed by atoms with Crippen LogP contribution in [0.3, 0.4) is 0 Å². The zero-order valence-corrected chi connectivity index (χ0v) is 14.6. The van der Waals surface area contributed by atoms with Crippen molar-refractivity contribution >= 4 is 28.6 Å². The molecule has 0 saturated carbocycles. The number of fused-ring (bicyclic) bond motifs is 1. The van der Waals surface area contributed by atoms with Gasteiger partial charge in [-0.1, -0.05) is 19.4 Å². The van der Waals surface area contributed by atoms with Crippen LogP contribution >= 0.6 is 11.6 Å². The summed E-state index contributed by atoms with van der Waals surface area (Å²) in [7, 11) is 0.